The molecule has 100 valence electrons. The van der Waals surface area contributed by atoms with Gasteiger partial charge in [0.2, 0.25) is 0 Å². The lowest BCUT2D eigenvalue weighted by atomic mass is 10.1. The Hall–Kier alpha value is -0.870. The molecule has 0 aliphatic carbocycles. The van der Waals surface area contributed by atoms with Gasteiger partial charge in [0, 0.05) is 23.6 Å². The standard InChI is InChI=1S/C13H11Cl3N2O/c1-19-7-10-6-12(16)18-13(17-10)4-8-2-3-9(14)5-11(8)15/h2-3,5-6H,4,7H2,1H3. The Kier molecular flexibility index (Phi) is 4.99. The number of methoxy groups -OCH3 is 1. The minimum absolute atomic E-state index is 0.391. The monoisotopic (exact) mass is 316 g/mol. The van der Waals surface area contributed by atoms with Crippen LogP contribution in [-0.4, -0.2) is 17.1 Å². The lowest BCUT2D eigenvalue weighted by Gasteiger charge is -2.06. The lowest BCUT2D eigenvalue weighted by molar-refractivity contribution is 0.181. The fourth-order valence-electron chi connectivity index (χ4n) is 1.65. The molecular weight excluding hydrogens is 307 g/mol. The number of nitrogens with zero attached hydrogens (tertiary/aromatic N) is 2. The van der Waals surface area contributed by atoms with Crippen LogP contribution in [0.15, 0.2) is 24.3 Å². The highest BCUT2D eigenvalue weighted by Crippen LogP contribution is 2.23. The average Bonchev–Trinajstić information content (AvgIpc) is 2.32. The van der Waals surface area contributed by atoms with Crippen molar-refractivity contribution >= 4 is 34.8 Å². The number of hydrogen-bond acceptors (Lipinski definition) is 3. The van der Waals surface area contributed by atoms with Gasteiger partial charge in [-0.25, -0.2) is 9.97 Å². The minimum atomic E-state index is 0.391. The number of ether oxygens (including phenoxy) is 1. The molecule has 1 aromatic carbocycles. The summed E-state index contributed by atoms with van der Waals surface area (Å²) in [5.74, 6) is 0.601. The van der Waals surface area contributed by atoms with Gasteiger partial charge in [0.15, 0.2) is 0 Å². The van der Waals surface area contributed by atoms with Gasteiger partial charge in [-0.15, -0.1) is 0 Å². The first-order valence-corrected chi connectivity index (χ1v) is 6.67. The van der Waals surface area contributed by atoms with E-state index in [2.05, 4.69) is 9.97 Å². The third-order valence-corrected chi connectivity index (χ3v) is 3.23. The first-order chi connectivity index (χ1) is 9.08. The maximum Gasteiger partial charge on any atom is 0.134 e. The van der Waals surface area contributed by atoms with Gasteiger partial charge in [0.25, 0.3) is 0 Å². The number of hydrogen-bond donors (Lipinski definition) is 0. The van der Waals surface area contributed by atoms with Gasteiger partial charge in [-0.05, 0) is 23.8 Å². The summed E-state index contributed by atoms with van der Waals surface area (Å²) in [5, 5.41) is 1.58. The van der Waals surface area contributed by atoms with Crippen molar-refractivity contribution in [3.05, 3.63) is 56.5 Å². The second kappa shape index (κ2) is 6.53. The van der Waals surface area contributed by atoms with E-state index in [1.807, 2.05) is 6.07 Å². The number of rotatable bonds is 4. The molecule has 1 heterocycles. The third-order valence-electron chi connectivity index (χ3n) is 2.45. The number of aromatic nitrogens is 2. The molecule has 0 saturated carbocycles. The van der Waals surface area contributed by atoms with Crippen molar-refractivity contribution in [1.82, 2.24) is 9.97 Å². The van der Waals surface area contributed by atoms with Crippen molar-refractivity contribution in [2.45, 2.75) is 13.0 Å². The molecule has 0 fully saturated rings. The molecule has 3 nitrogen and oxygen atoms in total. The molecule has 0 amide bonds. The molecular formula is C13H11Cl3N2O. The van der Waals surface area contributed by atoms with Crippen molar-refractivity contribution in [2.24, 2.45) is 0 Å². The maximum absolute atomic E-state index is 6.12. The van der Waals surface area contributed by atoms with E-state index < -0.39 is 0 Å². The second-order valence-electron chi connectivity index (χ2n) is 3.94. The summed E-state index contributed by atoms with van der Waals surface area (Å²) >= 11 is 17.9. The van der Waals surface area contributed by atoms with E-state index in [4.69, 9.17) is 39.5 Å². The van der Waals surface area contributed by atoms with Crippen LogP contribution in [0.2, 0.25) is 15.2 Å². The number of benzene rings is 1. The maximum atomic E-state index is 6.12. The van der Waals surface area contributed by atoms with E-state index in [1.165, 1.54) is 0 Å². The van der Waals surface area contributed by atoms with Gasteiger partial charge in [0.05, 0.1) is 12.3 Å². The molecule has 0 atom stereocenters. The Labute approximate surface area is 126 Å². The highest BCUT2D eigenvalue weighted by Gasteiger charge is 2.08. The fraction of sp³-hybridized carbons (Fsp3) is 0.231. The van der Waals surface area contributed by atoms with Crippen LogP contribution in [0.4, 0.5) is 0 Å². The minimum Gasteiger partial charge on any atom is -0.378 e. The first-order valence-electron chi connectivity index (χ1n) is 5.53. The van der Waals surface area contributed by atoms with E-state index in [1.54, 1.807) is 25.3 Å². The summed E-state index contributed by atoms with van der Waals surface area (Å²) in [6.45, 7) is 0.392. The highest BCUT2D eigenvalue weighted by atomic mass is 35.5. The molecule has 0 spiro atoms. The summed E-state index contributed by atoms with van der Waals surface area (Å²) in [6.07, 6.45) is 0.493. The Morgan fingerprint density at radius 1 is 1.11 bits per heavy atom. The third kappa shape index (κ3) is 4.05. The predicted octanol–water partition coefficient (Wildman–Crippen LogP) is 4.17. The van der Waals surface area contributed by atoms with E-state index in [0.717, 1.165) is 11.3 Å². The molecule has 0 N–H and O–H groups in total. The fourth-order valence-corrected chi connectivity index (χ4v) is 2.35. The van der Waals surface area contributed by atoms with Crippen molar-refractivity contribution in [2.75, 3.05) is 7.11 Å². The van der Waals surface area contributed by atoms with Crippen LogP contribution < -0.4 is 0 Å². The predicted molar refractivity (Wildman–Crippen MR) is 77.0 cm³/mol. The molecule has 2 rings (SSSR count). The quantitative estimate of drug-likeness (QED) is 0.794. The summed E-state index contributed by atoms with van der Waals surface area (Å²) in [6, 6.07) is 7.01. The van der Waals surface area contributed by atoms with Crippen molar-refractivity contribution in [3.8, 4) is 0 Å². The van der Waals surface area contributed by atoms with Gasteiger partial charge < -0.3 is 4.74 Å². The van der Waals surface area contributed by atoms with E-state index in [-0.39, 0.29) is 0 Å². The van der Waals surface area contributed by atoms with Crippen LogP contribution in [0.5, 0.6) is 0 Å². The van der Waals surface area contributed by atoms with Crippen molar-refractivity contribution < 1.29 is 4.74 Å². The van der Waals surface area contributed by atoms with Gasteiger partial charge in [0.1, 0.15) is 11.0 Å². The smallest absolute Gasteiger partial charge is 0.134 e. The second-order valence-corrected chi connectivity index (χ2v) is 5.17. The summed E-state index contributed by atoms with van der Waals surface area (Å²) in [4.78, 5) is 8.55. The summed E-state index contributed by atoms with van der Waals surface area (Å²) in [5.41, 5.74) is 1.64. The van der Waals surface area contributed by atoms with Gasteiger partial charge >= 0.3 is 0 Å². The molecule has 19 heavy (non-hydrogen) atoms. The molecule has 1 aromatic heterocycles. The normalized spacial score (nSPS) is 10.7. The SMILES string of the molecule is COCc1cc(Cl)nc(Cc2ccc(Cl)cc2Cl)n1. The molecule has 0 saturated heterocycles. The Bertz CT molecular complexity index is 590. The first kappa shape index (κ1) is 14.5. The Morgan fingerprint density at radius 2 is 1.89 bits per heavy atom. The van der Waals surface area contributed by atoms with E-state index >= 15 is 0 Å². The molecule has 0 unspecified atom stereocenters. The van der Waals surface area contributed by atoms with Gasteiger partial charge in [-0.3, -0.25) is 0 Å². The molecule has 6 heteroatoms. The van der Waals surface area contributed by atoms with E-state index in [9.17, 15) is 0 Å². The zero-order valence-electron chi connectivity index (χ0n) is 10.2. The largest absolute Gasteiger partial charge is 0.378 e. The Morgan fingerprint density at radius 3 is 2.58 bits per heavy atom. The van der Waals surface area contributed by atoms with Crippen LogP contribution in [0.1, 0.15) is 17.1 Å². The lowest BCUT2D eigenvalue weighted by Crippen LogP contribution is -2.02. The molecule has 0 aliphatic rings. The highest BCUT2D eigenvalue weighted by molar-refractivity contribution is 6.35. The topological polar surface area (TPSA) is 35.0 Å². The van der Waals surface area contributed by atoms with Crippen LogP contribution in [-0.2, 0) is 17.8 Å². The van der Waals surface area contributed by atoms with Gasteiger partial charge in [-0.2, -0.15) is 0 Å². The molecule has 0 aliphatic heterocycles. The van der Waals surface area contributed by atoms with Crippen molar-refractivity contribution in [1.29, 1.82) is 0 Å². The van der Waals surface area contributed by atoms with Crippen molar-refractivity contribution in [3.63, 3.8) is 0 Å². The van der Waals surface area contributed by atoms with Crippen LogP contribution in [0.3, 0.4) is 0 Å². The van der Waals surface area contributed by atoms with Crippen LogP contribution in [0.25, 0.3) is 0 Å². The number of halogens is 3. The molecule has 0 bridgehead atoms. The van der Waals surface area contributed by atoms with Crippen LogP contribution in [0, 0.1) is 0 Å². The molecule has 0 radical (unpaired) electrons. The zero-order valence-corrected chi connectivity index (χ0v) is 12.4. The summed E-state index contributed by atoms with van der Waals surface area (Å²) in [7, 11) is 1.60. The van der Waals surface area contributed by atoms with Crippen LogP contribution >= 0.6 is 34.8 Å². The zero-order chi connectivity index (χ0) is 13.8. The summed E-state index contributed by atoms with van der Waals surface area (Å²) < 4.78 is 5.04. The van der Waals surface area contributed by atoms with E-state index in [0.29, 0.717) is 34.1 Å². The average molecular weight is 318 g/mol. The Balaban J connectivity index is 2.27. The van der Waals surface area contributed by atoms with Gasteiger partial charge in [-0.1, -0.05) is 40.9 Å². The molecule has 2 aromatic rings.